The zero-order valence-corrected chi connectivity index (χ0v) is 7.59. The molecule has 0 saturated heterocycles. The van der Waals surface area contributed by atoms with Crippen molar-refractivity contribution in [2.24, 2.45) is 0 Å². The molecule has 0 aliphatic heterocycles. The molecule has 0 aliphatic carbocycles. The zero-order chi connectivity index (χ0) is 9.14. The van der Waals surface area contributed by atoms with Crippen LogP contribution >= 0.6 is 11.5 Å². The van der Waals surface area contributed by atoms with E-state index in [1.165, 1.54) is 20.1 Å². The maximum Gasteiger partial charge on any atom is 0.225 e. The molecule has 0 spiro atoms. The van der Waals surface area contributed by atoms with Crippen molar-refractivity contribution in [2.75, 3.05) is 7.11 Å². The highest BCUT2D eigenvalue weighted by Gasteiger charge is 2.15. The van der Waals surface area contributed by atoms with Crippen LogP contribution in [0.15, 0.2) is 6.07 Å². The number of aliphatic hydroxyl groups is 1. The van der Waals surface area contributed by atoms with Crippen LogP contribution in [0.2, 0.25) is 0 Å². The van der Waals surface area contributed by atoms with Gasteiger partial charge in [-0.1, -0.05) is 0 Å². The van der Waals surface area contributed by atoms with Crippen molar-refractivity contribution in [2.45, 2.75) is 13.0 Å². The Kier molecular flexibility index (Phi) is 2.78. The van der Waals surface area contributed by atoms with E-state index in [0.717, 1.165) is 11.5 Å². The Morgan fingerprint density at radius 1 is 1.83 bits per heavy atom. The summed E-state index contributed by atoms with van der Waals surface area (Å²) in [6.07, 6.45) is -0.977. The third kappa shape index (κ3) is 1.80. The fraction of sp³-hybridized carbons (Fsp3) is 0.429. The van der Waals surface area contributed by atoms with Crippen LogP contribution < -0.4 is 4.74 Å². The number of aromatic nitrogens is 1. The van der Waals surface area contributed by atoms with E-state index in [2.05, 4.69) is 4.37 Å². The molecule has 0 aromatic carbocycles. The number of methoxy groups -OCH3 is 1. The van der Waals surface area contributed by atoms with Crippen molar-refractivity contribution in [1.82, 2.24) is 4.37 Å². The van der Waals surface area contributed by atoms with E-state index in [4.69, 9.17) is 9.84 Å². The molecule has 0 fully saturated rings. The molecule has 1 unspecified atom stereocenters. The molecule has 0 saturated carbocycles. The number of carbonyl (C=O) groups is 1. The van der Waals surface area contributed by atoms with Gasteiger partial charge in [0.25, 0.3) is 0 Å². The minimum Gasteiger partial charge on any atom is -0.480 e. The first-order valence-corrected chi connectivity index (χ1v) is 4.15. The minimum absolute atomic E-state index is 0.323. The first kappa shape index (κ1) is 9.15. The van der Waals surface area contributed by atoms with Gasteiger partial charge in [0.1, 0.15) is 6.10 Å². The van der Waals surface area contributed by atoms with E-state index in [-0.39, 0.29) is 5.78 Å². The molecule has 1 heterocycles. The van der Waals surface area contributed by atoms with Gasteiger partial charge in [0.15, 0.2) is 0 Å². The number of ether oxygens (including phenoxy) is 1. The quantitative estimate of drug-likeness (QED) is 0.708. The first-order chi connectivity index (χ1) is 5.65. The average molecular weight is 187 g/mol. The van der Waals surface area contributed by atoms with Crippen molar-refractivity contribution in [3.05, 3.63) is 10.9 Å². The molecule has 0 aliphatic rings. The van der Waals surface area contributed by atoms with Gasteiger partial charge >= 0.3 is 0 Å². The summed E-state index contributed by atoms with van der Waals surface area (Å²) in [5.41, 5.74) is 0. The van der Waals surface area contributed by atoms with Crippen molar-refractivity contribution < 1.29 is 14.6 Å². The number of hydrogen-bond donors (Lipinski definition) is 1. The zero-order valence-electron chi connectivity index (χ0n) is 6.77. The predicted octanol–water partition coefficient (Wildman–Crippen LogP) is 0.715. The third-order valence-corrected chi connectivity index (χ3v) is 2.11. The fourth-order valence-electron chi connectivity index (χ4n) is 0.677. The second-order valence-corrected chi connectivity index (χ2v) is 3.08. The summed E-state index contributed by atoms with van der Waals surface area (Å²) < 4.78 is 8.62. The Hall–Kier alpha value is -0.940. The van der Waals surface area contributed by atoms with Crippen LogP contribution in [-0.4, -0.2) is 28.5 Å². The van der Waals surface area contributed by atoms with Crippen LogP contribution in [0.3, 0.4) is 0 Å². The highest BCUT2D eigenvalue weighted by molar-refractivity contribution is 7.08. The number of aliphatic hydroxyl groups excluding tert-OH is 1. The third-order valence-electron chi connectivity index (χ3n) is 1.32. The smallest absolute Gasteiger partial charge is 0.225 e. The Bertz CT molecular complexity index is 282. The van der Waals surface area contributed by atoms with E-state index in [1.54, 1.807) is 0 Å². The normalized spacial score (nSPS) is 12.6. The topological polar surface area (TPSA) is 59.4 Å². The van der Waals surface area contributed by atoms with Gasteiger partial charge in [-0.15, -0.1) is 0 Å². The first-order valence-electron chi connectivity index (χ1n) is 3.38. The minimum atomic E-state index is -0.977. The van der Waals surface area contributed by atoms with E-state index in [9.17, 15) is 4.79 Å². The van der Waals surface area contributed by atoms with Gasteiger partial charge in [-0.2, -0.15) is 4.37 Å². The lowest BCUT2D eigenvalue weighted by atomic mass is 10.2. The van der Waals surface area contributed by atoms with Gasteiger partial charge in [-0.3, -0.25) is 4.79 Å². The van der Waals surface area contributed by atoms with Gasteiger partial charge in [0.2, 0.25) is 11.7 Å². The lowest BCUT2D eigenvalue weighted by Gasteiger charge is -1.97. The highest BCUT2D eigenvalue weighted by Crippen LogP contribution is 2.17. The molecule has 4 nitrogen and oxygen atoms in total. The number of hydrogen-bond acceptors (Lipinski definition) is 5. The Morgan fingerprint density at radius 3 is 2.92 bits per heavy atom. The van der Waals surface area contributed by atoms with Crippen molar-refractivity contribution in [3.63, 3.8) is 0 Å². The molecule has 1 aromatic rings. The van der Waals surface area contributed by atoms with E-state index in [1.807, 2.05) is 0 Å². The molecular formula is C7H9NO3S. The molecule has 0 amide bonds. The number of rotatable bonds is 3. The number of ketones is 1. The van der Waals surface area contributed by atoms with E-state index in [0.29, 0.717) is 10.8 Å². The van der Waals surface area contributed by atoms with Crippen molar-refractivity contribution in [1.29, 1.82) is 0 Å². The summed E-state index contributed by atoms with van der Waals surface area (Å²) in [7, 11) is 1.48. The number of nitrogens with zero attached hydrogens (tertiary/aromatic N) is 1. The largest absolute Gasteiger partial charge is 0.480 e. The molecule has 12 heavy (non-hydrogen) atoms. The second-order valence-electron chi connectivity index (χ2n) is 2.27. The lowest BCUT2D eigenvalue weighted by Crippen LogP contribution is -2.14. The lowest BCUT2D eigenvalue weighted by molar-refractivity contribution is 0.0784. The highest BCUT2D eigenvalue weighted by atomic mass is 32.1. The summed E-state index contributed by atoms with van der Waals surface area (Å²) in [6, 6.07) is 1.51. The molecule has 0 bridgehead atoms. The maximum atomic E-state index is 11.1. The fourth-order valence-corrected chi connectivity index (χ4v) is 1.41. The summed E-state index contributed by atoms with van der Waals surface area (Å²) in [6.45, 7) is 1.43. The average Bonchev–Trinajstić information content (AvgIpc) is 2.50. The standard InChI is InChI=1S/C7H9NO3S/c1-4(9)7(10)5-3-6(11-2)8-12-5/h3-4,9H,1-2H3. The SMILES string of the molecule is COc1cc(C(=O)C(C)O)sn1. The van der Waals surface area contributed by atoms with Crippen LogP contribution in [-0.2, 0) is 0 Å². The van der Waals surface area contributed by atoms with Crippen molar-refractivity contribution in [3.8, 4) is 5.88 Å². The maximum absolute atomic E-state index is 11.1. The summed E-state index contributed by atoms with van der Waals surface area (Å²) >= 11 is 1.03. The van der Waals surface area contributed by atoms with Crippen LogP contribution in [0.25, 0.3) is 0 Å². The molecule has 1 aromatic heterocycles. The van der Waals surface area contributed by atoms with Crippen LogP contribution in [0.5, 0.6) is 5.88 Å². The van der Waals surface area contributed by atoms with Crippen molar-refractivity contribution >= 4 is 17.3 Å². The monoisotopic (exact) mass is 187 g/mol. The summed E-state index contributed by atoms with van der Waals surface area (Å²) in [5, 5.41) is 8.94. The molecular weight excluding hydrogens is 178 g/mol. The van der Waals surface area contributed by atoms with Gasteiger partial charge in [-0.05, 0) is 18.5 Å². The van der Waals surface area contributed by atoms with Gasteiger partial charge < -0.3 is 9.84 Å². The molecule has 1 N–H and O–H groups in total. The Morgan fingerprint density at radius 2 is 2.50 bits per heavy atom. The molecule has 1 rings (SSSR count). The molecule has 66 valence electrons. The number of Topliss-reactive ketones (excluding diaryl/α,β-unsaturated/α-hetero) is 1. The van der Waals surface area contributed by atoms with Gasteiger partial charge in [-0.25, -0.2) is 0 Å². The van der Waals surface area contributed by atoms with E-state index >= 15 is 0 Å². The molecule has 5 heteroatoms. The van der Waals surface area contributed by atoms with Crippen LogP contribution in [0, 0.1) is 0 Å². The predicted molar refractivity (Wildman–Crippen MR) is 44.7 cm³/mol. The van der Waals surface area contributed by atoms with E-state index < -0.39 is 6.10 Å². The Labute approximate surface area is 74.0 Å². The van der Waals surface area contributed by atoms with Crippen LogP contribution in [0.1, 0.15) is 16.6 Å². The summed E-state index contributed by atoms with van der Waals surface area (Å²) in [5.74, 6) is 0.0831. The second kappa shape index (κ2) is 3.64. The Balaban J connectivity index is 2.82. The van der Waals surface area contributed by atoms with Crippen LogP contribution in [0.4, 0.5) is 0 Å². The van der Waals surface area contributed by atoms with Gasteiger partial charge in [0, 0.05) is 6.07 Å². The molecule has 1 atom stereocenters. The van der Waals surface area contributed by atoms with Gasteiger partial charge in [0.05, 0.1) is 12.0 Å². The number of carbonyl (C=O) groups excluding carboxylic acids is 1. The molecule has 0 radical (unpaired) electrons. The summed E-state index contributed by atoms with van der Waals surface area (Å²) in [4.78, 5) is 11.6.